The van der Waals surface area contributed by atoms with Gasteiger partial charge in [0.2, 0.25) is 0 Å². The maximum Gasteiger partial charge on any atom is 0.494 e. The third-order valence-corrected chi connectivity index (χ3v) is 12.8. The second-order valence-electron chi connectivity index (χ2n) is 18.2. The Kier molecular flexibility index (Phi) is 13.6. The Morgan fingerprint density at radius 2 is 0.768 bits per heavy atom. The molecule has 2 fully saturated rings. The normalized spacial score (nSPS) is 18.3. The molecule has 0 atom stereocenters. The van der Waals surface area contributed by atoms with Crippen LogP contribution in [-0.4, -0.2) is 49.9 Å². The van der Waals surface area contributed by atoms with Crippen LogP contribution in [0, 0.1) is 0 Å². The van der Waals surface area contributed by atoms with Crippen LogP contribution >= 0.6 is 0 Å². The Bertz CT molecular complexity index is 1760. The highest BCUT2D eigenvalue weighted by atomic mass is 16.7. The minimum absolute atomic E-state index is 0.420. The summed E-state index contributed by atoms with van der Waals surface area (Å²) >= 11 is 0. The van der Waals surface area contributed by atoms with Crippen molar-refractivity contribution >= 4 is 46.7 Å². The third kappa shape index (κ3) is 9.30. The van der Waals surface area contributed by atoms with Gasteiger partial charge in [-0.15, -0.1) is 0 Å². The van der Waals surface area contributed by atoms with E-state index in [4.69, 9.17) is 28.1 Å². The molecular formula is C48H68B2O6. The molecule has 56 heavy (non-hydrogen) atoms. The van der Waals surface area contributed by atoms with Crippen LogP contribution in [0.15, 0.2) is 60.7 Å². The molecule has 0 aromatic heterocycles. The number of rotatable bonds is 19. The van der Waals surface area contributed by atoms with Crippen LogP contribution < -0.4 is 20.4 Å². The molecule has 4 aromatic rings. The summed E-state index contributed by atoms with van der Waals surface area (Å²) in [4.78, 5) is 0. The van der Waals surface area contributed by atoms with Crippen LogP contribution in [0.25, 0.3) is 32.7 Å². The molecule has 0 saturated carbocycles. The Hall–Kier alpha value is -3.03. The Balaban J connectivity index is 1.43. The predicted molar refractivity (Wildman–Crippen MR) is 236 cm³/mol. The average Bonchev–Trinajstić information content (AvgIpc) is 3.52. The van der Waals surface area contributed by atoms with E-state index in [1.165, 1.54) is 64.2 Å². The standard InChI is InChI=1S/C48H68B2O6/c1-11-13-15-17-19-21-31-51-41-29-23-35-33-37(49-53-45(3,4)46(5,6)54-49)25-27-39(35)43(41)44-40-28-26-38(50-55-47(7,8)48(9,10)56-50)34-36(40)24-30-42(44)52-32-22-20-18-16-14-12-2/h23-30,33-34H,11-22,31-32H2,1-10H3. The number of ether oxygens (including phenoxy) is 2. The molecule has 8 heteroatoms. The fraction of sp³-hybridized carbons (Fsp3) is 0.583. The molecule has 2 saturated heterocycles. The molecule has 302 valence electrons. The van der Waals surface area contributed by atoms with Gasteiger partial charge >= 0.3 is 14.2 Å². The van der Waals surface area contributed by atoms with Crippen molar-refractivity contribution in [2.45, 2.75) is 169 Å². The highest BCUT2D eigenvalue weighted by Gasteiger charge is 2.52. The zero-order valence-electron chi connectivity index (χ0n) is 36.3. The van der Waals surface area contributed by atoms with Gasteiger partial charge in [-0.3, -0.25) is 0 Å². The number of benzene rings is 4. The minimum Gasteiger partial charge on any atom is -0.493 e. The van der Waals surface area contributed by atoms with E-state index in [1.807, 2.05) is 0 Å². The maximum absolute atomic E-state index is 6.78. The molecule has 0 N–H and O–H groups in total. The smallest absolute Gasteiger partial charge is 0.493 e. The highest BCUT2D eigenvalue weighted by molar-refractivity contribution is 6.63. The first-order valence-corrected chi connectivity index (χ1v) is 21.8. The fourth-order valence-electron chi connectivity index (χ4n) is 7.79. The van der Waals surface area contributed by atoms with Crippen LogP contribution in [0.4, 0.5) is 0 Å². The van der Waals surface area contributed by atoms with Crippen molar-refractivity contribution in [1.29, 1.82) is 0 Å². The van der Waals surface area contributed by atoms with Crippen molar-refractivity contribution in [3.8, 4) is 22.6 Å². The lowest BCUT2D eigenvalue weighted by molar-refractivity contribution is 0.00578. The molecule has 0 amide bonds. The summed E-state index contributed by atoms with van der Waals surface area (Å²) in [6, 6.07) is 21.9. The molecular weight excluding hydrogens is 694 g/mol. The first-order valence-electron chi connectivity index (χ1n) is 21.8. The van der Waals surface area contributed by atoms with Crippen molar-refractivity contribution in [3.05, 3.63) is 60.7 Å². The molecule has 0 spiro atoms. The lowest BCUT2D eigenvalue weighted by Crippen LogP contribution is -2.41. The minimum atomic E-state index is -0.446. The fourth-order valence-corrected chi connectivity index (χ4v) is 7.79. The summed E-state index contributed by atoms with van der Waals surface area (Å²) in [5.41, 5.74) is 2.44. The first-order chi connectivity index (χ1) is 26.7. The summed E-state index contributed by atoms with van der Waals surface area (Å²) in [5.74, 6) is 1.75. The SMILES string of the molecule is CCCCCCCCOc1ccc2cc(B3OC(C)(C)C(C)(C)O3)ccc2c1-c1c(OCCCCCCCC)ccc2cc(B3OC(C)(C)C(C)(C)O3)ccc12. The molecule has 0 aliphatic carbocycles. The molecule has 6 nitrogen and oxygen atoms in total. The molecule has 2 aliphatic rings. The van der Waals surface area contributed by atoms with E-state index in [0.29, 0.717) is 13.2 Å². The zero-order chi connectivity index (χ0) is 40.1. The van der Waals surface area contributed by atoms with E-state index >= 15 is 0 Å². The molecule has 0 bridgehead atoms. The van der Waals surface area contributed by atoms with Crippen LogP contribution in [0.1, 0.15) is 146 Å². The lowest BCUT2D eigenvalue weighted by Gasteiger charge is -2.32. The lowest BCUT2D eigenvalue weighted by atomic mass is 9.77. The van der Waals surface area contributed by atoms with Gasteiger partial charge in [0.15, 0.2) is 0 Å². The van der Waals surface area contributed by atoms with Gasteiger partial charge in [-0.25, -0.2) is 0 Å². The van der Waals surface area contributed by atoms with Crippen molar-refractivity contribution < 1.29 is 28.1 Å². The summed E-state index contributed by atoms with van der Waals surface area (Å²) in [5, 5.41) is 4.43. The van der Waals surface area contributed by atoms with Crippen LogP contribution in [0.2, 0.25) is 0 Å². The molecule has 0 radical (unpaired) electrons. The van der Waals surface area contributed by atoms with Gasteiger partial charge in [-0.05, 0) is 113 Å². The van der Waals surface area contributed by atoms with Gasteiger partial charge in [0, 0.05) is 11.1 Å². The van der Waals surface area contributed by atoms with Crippen molar-refractivity contribution in [2.24, 2.45) is 0 Å². The number of hydrogen-bond donors (Lipinski definition) is 0. The molecule has 4 aromatic carbocycles. The van der Waals surface area contributed by atoms with Crippen LogP contribution in [0.5, 0.6) is 11.5 Å². The Labute approximate surface area is 339 Å². The molecule has 0 unspecified atom stereocenters. The first kappa shape index (κ1) is 42.6. The summed E-state index contributed by atoms with van der Waals surface area (Å²) in [7, 11) is -0.891. The monoisotopic (exact) mass is 763 g/mol. The summed E-state index contributed by atoms with van der Waals surface area (Å²) in [6.07, 6.45) is 14.5. The topological polar surface area (TPSA) is 55.4 Å². The quantitative estimate of drug-likeness (QED) is 0.0700. The highest BCUT2D eigenvalue weighted by Crippen LogP contribution is 2.46. The van der Waals surface area contributed by atoms with E-state index in [2.05, 4.69) is 130 Å². The summed E-state index contributed by atoms with van der Waals surface area (Å²) < 4.78 is 39.5. The number of fused-ring (bicyclic) bond motifs is 2. The second-order valence-corrected chi connectivity index (χ2v) is 18.2. The molecule has 2 heterocycles. The van der Waals surface area contributed by atoms with Gasteiger partial charge < -0.3 is 28.1 Å². The summed E-state index contributed by atoms with van der Waals surface area (Å²) in [6.45, 7) is 22.7. The van der Waals surface area contributed by atoms with Gasteiger partial charge in [-0.1, -0.05) is 127 Å². The average molecular weight is 763 g/mol. The van der Waals surface area contributed by atoms with Crippen molar-refractivity contribution in [2.75, 3.05) is 13.2 Å². The Morgan fingerprint density at radius 1 is 0.429 bits per heavy atom. The van der Waals surface area contributed by atoms with Crippen LogP contribution in [0.3, 0.4) is 0 Å². The van der Waals surface area contributed by atoms with Crippen LogP contribution in [-0.2, 0) is 18.6 Å². The van der Waals surface area contributed by atoms with Gasteiger partial charge in [0.25, 0.3) is 0 Å². The van der Waals surface area contributed by atoms with Crippen molar-refractivity contribution in [3.63, 3.8) is 0 Å². The molecule has 6 rings (SSSR count). The predicted octanol–water partition coefficient (Wildman–Crippen LogP) is 11.7. The van der Waals surface area contributed by atoms with E-state index in [-0.39, 0.29) is 0 Å². The molecule has 2 aliphatic heterocycles. The third-order valence-electron chi connectivity index (χ3n) is 12.8. The Morgan fingerprint density at radius 3 is 1.12 bits per heavy atom. The van der Waals surface area contributed by atoms with E-state index in [9.17, 15) is 0 Å². The van der Waals surface area contributed by atoms with Gasteiger partial charge in [0.05, 0.1) is 35.6 Å². The number of unbranched alkanes of at least 4 members (excludes halogenated alkanes) is 10. The second kappa shape index (κ2) is 17.9. The van der Waals surface area contributed by atoms with E-state index in [0.717, 1.165) is 67.9 Å². The number of hydrogen-bond acceptors (Lipinski definition) is 6. The van der Waals surface area contributed by atoms with E-state index in [1.54, 1.807) is 0 Å². The largest absolute Gasteiger partial charge is 0.494 e. The zero-order valence-corrected chi connectivity index (χ0v) is 36.3. The van der Waals surface area contributed by atoms with Gasteiger partial charge in [-0.2, -0.15) is 0 Å². The van der Waals surface area contributed by atoms with E-state index < -0.39 is 36.6 Å². The van der Waals surface area contributed by atoms with Crippen molar-refractivity contribution in [1.82, 2.24) is 0 Å². The van der Waals surface area contributed by atoms with Gasteiger partial charge in [0.1, 0.15) is 11.5 Å². The maximum atomic E-state index is 6.78.